The van der Waals surface area contributed by atoms with Crippen molar-refractivity contribution in [2.75, 3.05) is 12.3 Å². The molecule has 8 heteroatoms. The number of nitrogens with one attached hydrogen (secondary N) is 1. The van der Waals surface area contributed by atoms with Crippen LogP contribution in [0.2, 0.25) is 0 Å². The largest absolute Gasteiger partial charge is 0.350 e. The number of amides is 1. The third-order valence-electron chi connectivity index (χ3n) is 4.61. The minimum atomic E-state index is -3.71. The summed E-state index contributed by atoms with van der Waals surface area (Å²) >= 11 is 1.35. The van der Waals surface area contributed by atoms with Crippen molar-refractivity contribution in [1.29, 1.82) is 0 Å². The molecule has 1 saturated heterocycles. The number of nitrogens with zero attached hydrogens (tertiary/aromatic N) is 2. The first kappa shape index (κ1) is 20.8. The van der Waals surface area contributed by atoms with E-state index in [0.717, 1.165) is 30.4 Å². The highest BCUT2D eigenvalue weighted by atomic mass is 32.2. The Labute approximate surface area is 170 Å². The van der Waals surface area contributed by atoms with E-state index in [1.165, 1.54) is 16.1 Å². The average molecular weight is 420 g/mol. The summed E-state index contributed by atoms with van der Waals surface area (Å²) in [6.45, 7) is 2.78. The smallest absolute Gasteiger partial charge is 0.249 e. The Balaban J connectivity index is 1.69. The summed E-state index contributed by atoms with van der Waals surface area (Å²) in [5.74, 6) is 0.299. The van der Waals surface area contributed by atoms with Gasteiger partial charge in [-0.15, -0.1) is 11.8 Å². The number of rotatable bonds is 8. The molecule has 1 aliphatic heterocycles. The normalized spacial score (nSPS) is 17.5. The van der Waals surface area contributed by atoms with Gasteiger partial charge in [0.25, 0.3) is 0 Å². The molecule has 150 valence electrons. The SMILES string of the molecule is CCCCc1ccc(S(=O)(=O)N2CCSC2C(=O)NCc2cccnc2)cc1. The number of sulfonamides is 1. The van der Waals surface area contributed by atoms with Crippen molar-refractivity contribution < 1.29 is 13.2 Å². The van der Waals surface area contributed by atoms with Gasteiger partial charge in [-0.1, -0.05) is 31.5 Å². The fourth-order valence-corrected chi connectivity index (χ4v) is 6.13. The molecule has 0 radical (unpaired) electrons. The molecule has 6 nitrogen and oxygen atoms in total. The number of aromatic nitrogens is 1. The van der Waals surface area contributed by atoms with Crippen LogP contribution in [0.1, 0.15) is 30.9 Å². The summed E-state index contributed by atoms with van der Waals surface area (Å²) in [6.07, 6.45) is 6.46. The molecular formula is C20H25N3O3S2. The molecular weight excluding hydrogens is 394 g/mol. The van der Waals surface area contributed by atoms with Gasteiger partial charge in [-0.25, -0.2) is 8.42 Å². The van der Waals surface area contributed by atoms with Gasteiger partial charge in [0.15, 0.2) is 0 Å². The Morgan fingerprint density at radius 3 is 2.71 bits per heavy atom. The predicted octanol–water partition coefficient (Wildman–Crippen LogP) is 2.80. The van der Waals surface area contributed by atoms with Gasteiger partial charge in [-0.3, -0.25) is 9.78 Å². The fraction of sp³-hybridized carbons (Fsp3) is 0.400. The molecule has 1 fully saturated rings. The highest BCUT2D eigenvalue weighted by molar-refractivity contribution is 8.02. The Hall–Kier alpha value is -1.90. The summed E-state index contributed by atoms with van der Waals surface area (Å²) in [4.78, 5) is 16.9. The Morgan fingerprint density at radius 1 is 1.25 bits per heavy atom. The second-order valence-electron chi connectivity index (χ2n) is 6.67. The molecule has 1 amide bonds. The lowest BCUT2D eigenvalue weighted by atomic mass is 10.1. The van der Waals surface area contributed by atoms with E-state index >= 15 is 0 Å². The Morgan fingerprint density at radius 2 is 2.04 bits per heavy atom. The predicted molar refractivity (Wildman–Crippen MR) is 111 cm³/mol. The highest BCUT2D eigenvalue weighted by Crippen LogP contribution is 2.30. The maximum Gasteiger partial charge on any atom is 0.249 e. The first-order valence-electron chi connectivity index (χ1n) is 9.41. The zero-order valence-electron chi connectivity index (χ0n) is 15.9. The second kappa shape index (κ2) is 9.54. The third-order valence-corrected chi connectivity index (χ3v) is 7.83. The topological polar surface area (TPSA) is 79.4 Å². The average Bonchev–Trinajstić information content (AvgIpc) is 3.22. The molecule has 0 saturated carbocycles. The van der Waals surface area contributed by atoms with Gasteiger partial charge in [0, 0.05) is 31.2 Å². The lowest BCUT2D eigenvalue weighted by molar-refractivity contribution is -0.122. The van der Waals surface area contributed by atoms with E-state index < -0.39 is 15.4 Å². The number of benzene rings is 1. The molecule has 2 aromatic rings. The number of hydrogen-bond acceptors (Lipinski definition) is 5. The van der Waals surface area contributed by atoms with E-state index in [9.17, 15) is 13.2 Å². The number of thioether (sulfide) groups is 1. The third kappa shape index (κ3) is 4.92. The Bertz CT molecular complexity index is 887. The van der Waals surface area contributed by atoms with Gasteiger partial charge < -0.3 is 5.32 Å². The van der Waals surface area contributed by atoms with Crippen LogP contribution in [-0.2, 0) is 27.8 Å². The van der Waals surface area contributed by atoms with E-state index in [1.807, 2.05) is 18.2 Å². The van der Waals surface area contributed by atoms with Crippen molar-refractivity contribution in [2.24, 2.45) is 0 Å². The second-order valence-corrected chi connectivity index (χ2v) is 9.74. The van der Waals surface area contributed by atoms with E-state index in [0.29, 0.717) is 18.8 Å². The molecule has 0 bridgehead atoms. The van der Waals surface area contributed by atoms with Crippen molar-refractivity contribution in [1.82, 2.24) is 14.6 Å². The molecule has 1 aromatic carbocycles. The van der Waals surface area contributed by atoms with Gasteiger partial charge in [0.2, 0.25) is 15.9 Å². The van der Waals surface area contributed by atoms with Gasteiger partial charge >= 0.3 is 0 Å². The van der Waals surface area contributed by atoms with Crippen LogP contribution in [0, 0.1) is 0 Å². The molecule has 28 heavy (non-hydrogen) atoms. The lowest BCUT2D eigenvalue weighted by Crippen LogP contribution is -2.44. The van der Waals surface area contributed by atoms with E-state index in [-0.39, 0.29) is 10.8 Å². The molecule has 1 aromatic heterocycles. The number of hydrogen-bond donors (Lipinski definition) is 1. The molecule has 3 rings (SSSR count). The number of aryl methyl sites for hydroxylation is 1. The van der Waals surface area contributed by atoms with Crippen LogP contribution >= 0.6 is 11.8 Å². The van der Waals surface area contributed by atoms with E-state index in [2.05, 4.69) is 17.2 Å². The van der Waals surface area contributed by atoms with Crippen molar-refractivity contribution in [2.45, 2.75) is 43.0 Å². The fourth-order valence-electron chi connectivity index (χ4n) is 3.03. The summed E-state index contributed by atoms with van der Waals surface area (Å²) < 4.78 is 27.4. The van der Waals surface area contributed by atoms with Crippen molar-refractivity contribution in [3.8, 4) is 0 Å². The molecule has 1 unspecified atom stereocenters. The monoisotopic (exact) mass is 419 g/mol. The van der Waals surface area contributed by atoms with Gasteiger partial charge in [-0.05, 0) is 42.2 Å². The maximum atomic E-state index is 13.1. The molecule has 1 aliphatic rings. The molecule has 0 aliphatic carbocycles. The Kier molecular flexibility index (Phi) is 7.09. The van der Waals surface area contributed by atoms with Crippen LogP contribution in [0.15, 0.2) is 53.7 Å². The first-order valence-corrected chi connectivity index (χ1v) is 11.9. The van der Waals surface area contributed by atoms with Crippen LogP contribution in [-0.4, -0.2) is 41.3 Å². The van der Waals surface area contributed by atoms with Crippen LogP contribution < -0.4 is 5.32 Å². The molecule has 1 N–H and O–H groups in total. The summed E-state index contributed by atoms with van der Waals surface area (Å²) in [5, 5.41) is 2.07. The van der Waals surface area contributed by atoms with Gasteiger partial charge in [0.1, 0.15) is 5.37 Å². The van der Waals surface area contributed by atoms with Gasteiger partial charge in [0.05, 0.1) is 4.90 Å². The molecule has 0 spiro atoms. The molecule has 1 atom stereocenters. The van der Waals surface area contributed by atoms with Gasteiger partial charge in [-0.2, -0.15) is 4.31 Å². The van der Waals surface area contributed by atoms with Crippen molar-refractivity contribution >= 4 is 27.7 Å². The summed E-state index contributed by atoms with van der Waals surface area (Å²) in [7, 11) is -3.71. The maximum absolute atomic E-state index is 13.1. The zero-order valence-corrected chi connectivity index (χ0v) is 17.5. The lowest BCUT2D eigenvalue weighted by Gasteiger charge is -2.22. The van der Waals surface area contributed by atoms with Crippen LogP contribution in [0.4, 0.5) is 0 Å². The van der Waals surface area contributed by atoms with Crippen LogP contribution in [0.5, 0.6) is 0 Å². The number of unbranched alkanes of at least 4 members (excludes halogenated alkanes) is 1. The number of carbonyl (C=O) groups is 1. The number of pyridine rings is 1. The van der Waals surface area contributed by atoms with E-state index in [4.69, 9.17) is 0 Å². The first-order chi connectivity index (χ1) is 13.5. The standard InChI is InChI=1S/C20H25N3O3S2/c1-2-3-5-16-7-9-18(10-8-16)28(25,26)23-12-13-27-20(23)19(24)22-15-17-6-4-11-21-14-17/h4,6-11,14,20H,2-3,5,12-13,15H2,1H3,(H,22,24). The quantitative estimate of drug-likeness (QED) is 0.712. The van der Waals surface area contributed by atoms with Crippen LogP contribution in [0.25, 0.3) is 0 Å². The highest BCUT2D eigenvalue weighted by Gasteiger charge is 2.40. The van der Waals surface area contributed by atoms with Crippen LogP contribution in [0.3, 0.4) is 0 Å². The zero-order chi connectivity index (χ0) is 20.0. The summed E-state index contributed by atoms with van der Waals surface area (Å²) in [6, 6.07) is 10.7. The van der Waals surface area contributed by atoms with Crippen molar-refractivity contribution in [3.63, 3.8) is 0 Å². The summed E-state index contributed by atoms with van der Waals surface area (Å²) in [5.41, 5.74) is 2.00. The molecule has 2 heterocycles. The number of carbonyl (C=O) groups excluding carboxylic acids is 1. The minimum absolute atomic E-state index is 0.236. The minimum Gasteiger partial charge on any atom is -0.350 e. The van der Waals surface area contributed by atoms with E-state index in [1.54, 1.807) is 30.6 Å². The van der Waals surface area contributed by atoms with Crippen molar-refractivity contribution in [3.05, 3.63) is 59.9 Å².